The normalized spacial score (nSPS) is 17.3. The SMILES string of the molecule is CC(=O)NC1[C@H](OCCn2cc(CCC(=O)NCCOCCOCC(=O)CCCCC[C@H](CC(=O)[C@H](CCC(=O)O)NC(=O)[C@H](CCC(=O)O)CC(=O)C(C)C)C(N)=O)nn2)OC(CO)[C@@H](O)[C@@H]1O.CCCCCCCCCCCCCCCC(=O)C[C@H](C(=O)N[C@H](C(=O)C[C@@H](C)C(=O)NC)C(C)C)C(C)C. The van der Waals surface area contributed by atoms with Gasteiger partial charge in [0, 0.05) is 121 Å². The first-order valence-electron chi connectivity index (χ1n) is 38.8. The summed E-state index contributed by atoms with van der Waals surface area (Å²) in [6.07, 6.45) is 14.1. The number of Topliss-reactive ketones (excluding diaryl/α,β-unsaturated/α-hetero) is 5. The van der Waals surface area contributed by atoms with E-state index in [4.69, 9.17) is 29.8 Å². The van der Waals surface area contributed by atoms with Crippen molar-refractivity contribution in [1.29, 1.82) is 0 Å². The molecule has 2 unspecified atom stereocenters. The summed E-state index contributed by atoms with van der Waals surface area (Å²) in [5.74, 6) is -9.56. The van der Waals surface area contributed by atoms with Gasteiger partial charge in [-0.3, -0.25) is 62.3 Å². The van der Waals surface area contributed by atoms with Crippen LogP contribution in [-0.2, 0) is 94.2 Å². The Morgan fingerprint density at radius 3 is 1.75 bits per heavy atom. The number of nitrogens with zero attached hydrogens (tertiary/aromatic N) is 3. The summed E-state index contributed by atoms with van der Waals surface area (Å²) in [4.78, 5) is 160. The van der Waals surface area contributed by atoms with Gasteiger partial charge >= 0.3 is 11.9 Å². The van der Waals surface area contributed by atoms with E-state index in [0.29, 0.717) is 37.8 Å². The number of nitrogens with one attached hydrogen (secondary N) is 5. The van der Waals surface area contributed by atoms with Gasteiger partial charge in [-0.05, 0) is 43.9 Å². The maximum atomic E-state index is 13.3. The molecule has 1 saturated heterocycles. The summed E-state index contributed by atoms with van der Waals surface area (Å²) in [6, 6.07) is -3.04. The van der Waals surface area contributed by atoms with Gasteiger partial charge in [0.25, 0.3) is 0 Å². The molecule has 31 nitrogen and oxygen atoms in total. The van der Waals surface area contributed by atoms with Crippen molar-refractivity contribution < 1.29 is 107 Å². The number of carboxylic acid groups (broad SMARTS) is 2. The van der Waals surface area contributed by atoms with Crippen LogP contribution in [0.2, 0.25) is 0 Å². The van der Waals surface area contributed by atoms with Crippen LogP contribution in [-0.4, -0.2) is 213 Å². The van der Waals surface area contributed by atoms with E-state index in [1.165, 1.54) is 82.2 Å². The van der Waals surface area contributed by atoms with Crippen molar-refractivity contribution in [3.05, 3.63) is 11.9 Å². The first kappa shape index (κ1) is 98.0. The number of carbonyl (C=O) groups excluding carboxylic acids is 11. The Hall–Kier alpha value is -7.03. The van der Waals surface area contributed by atoms with Gasteiger partial charge in [-0.1, -0.05) is 150 Å². The lowest BCUT2D eigenvalue weighted by molar-refractivity contribution is -0.270. The highest BCUT2D eigenvalue weighted by atomic mass is 16.7. The molecule has 107 heavy (non-hydrogen) atoms. The van der Waals surface area contributed by atoms with Crippen LogP contribution in [0, 0.1) is 41.4 Å². The molecule has 31 heteroatoms. The van der Waals surface area contributed by atoms with Crippen molar-refractivity contribution in [2.24, 2.45) is 47.2 Å². The smallest absolute Gasteiger partial charge is 0.303 e. The topological polar surface area (TPSA) is 477 Å². The van der Waals surface area contributed by atoms with Crippen LogP contribution in [0.5, 0.6) is 0 Å². The molecule has 12 N–H and O–H groups in total. The average molecular weight is 1520 g/mol. The summed E-state index contributed by atoms with van der Waals surface area (Å²) in [7, 11) is 1.55. The Kier molecular flexibility index (Phi) is 52.3. The number of aliphatic hydroxyl groups is 3. The zero-order valence-corrected chi connectivity index (χ0v) is 65.4. The second-order valence-electron chi connectivity index (χ2n) is 29.1. The Labute approximate surface area is 632 Å². The van der Waals surface area contributed by atoms with Crippen molar-refractivity contribution in [2.45, 2.75) is 298 Å². The zero-order valence-electron chi connectivity index (χ0n) is 65.4. The number of hydrogen-bond acceptors (Lipinski definition) is 22. The maximum absolute atomic E-state index is 13.3. The summed E-state index contributed by atoms with van der Waals surface area (Å²) in [6.45, 7) is 16.4. The number of unbranched alkanes of at least 4 members (excludes halogenated alkanes) is 14. The molecule has 6 amide bonds. The van der Waals surface area contributed by atoms with E-state index < -0.39 is 127 Å². The fourth-order valence-electron chi connectivity index (χ4n) is 12.1. The van der Waals surface area contributed by atoms with Gasteiger partial charge in [0.1, 0.15) is 42.5 Å². The summed E-state index contributed by atoms with van der Waals surface area (Å²) in [5.41, 5.74) is 6.12. The van der Waals surface area contributed by atoms with E-state index in [0.717, 1.165) is 12.8 Å². The average Bonchev–Trinajstić information content (AvgIpc) is 1.19. The number of aryl methyl sites for hydroxylation is 1. The second kappa shape index (κ2) is 57.1. The third kappa shape index (κ3) is 44.3. The number of aromatic nitrogens is 3. The molecular formula is C76H131N9O22. The number of primary amides is 1. The minimum atomic E-state index is -1.43. The summed E-state index contributed by atoms with van der Waals surface area (Å²) >= 11 is 0. The van der Waals surface area contributed by atoms with Gasteiger partial charge in [0.15, 0.2) is 23.6 Å². The standard InChI is InChI=1S/C44H71N7O18.C32H60N2O4/c1-26(2)33(55)22-29(9-13-37(58)59)43(65)48-32(11-14-38(60)61)34(56)21-28(42(45)64)7-5-4-6-8-31(54)25-67-20-19-66-17-15-46-36(57)12-10-30-23-51(50-49-30)16-18-68-44-39(47-27(3)53)41(63)40(62)35(24-52)69-44;1-8-9-10-11-12-13-14-15-16-17-18-19-20-21-27(35)23-28(24(2)3)32(38)34-30(25(4)5)29(36)22-26(6)31(37)33-7/h23,26,28-29,32,35,39-41,44,52,62-63H,4-22,24-25H2,1-3H3,(H2,45,64)(H,46,57)(H,47,53)(H,48,65)(H,58,59)(H,60,61);24-26,28,30H,8-23H2,1-7H3,(H,33,37)(H,34,38)/t28-,29-,32+,35?,39?,40-,41-,44-;26-,28+,30+/m11/s1. The lowest BCUT2D eigenvalue weighted by Crippen LogP contribution is -2.64. The number of aliphatic hydroxyl groups excluding tert-OH is 3. The van der Waals surface area contributed by atoms with Gasteiger partial charge in [-0.15, -0.1) is 5.10 Å². The van der Waals surface area contributed by atoms with Crippen molar-refractivity contribution in [2.75, 3.05) is 53.2 Å². The minimum absolute atomic E-state index is 0.00157. The van der Waals surface area contributed by atoms with E-state index in [2.05, 4.69) is 43.8 Å². The molecule has 1 aliphatic heterocycles. The molecular weight excluding hydrogens is 1390 g/mol. The first-order chi connectivity index (χ1) is 50.8. The van der Waals surface area contributed by atoms with Gasteiger partial charge in [0.05, 0.1) is 57.4 Å². The van der Waals surface area contributed by atoms with Crippen LogP contribution in [0.15, 0.2) is 6.20 Å². The van der Waals surface area contributed by atoms with E-state index in [1.807, 2.05) is 27.7 Å². The van der Waals surface area contributed by atoms with Crippen molar-refractivity contribution in [1.82, 2.24) is 41.6 Å². The number of rotatable bonds is 62. The predicted molar refractivity (Wildman–Crippen MR) is 396 cm³/mol. The summed E-state index contributed by atoms with van der Waals surface area (Å²) < 4.78 is 23.5. The maximum Gasteiger partial charge on any atom is 0.303 e. The van der Waals surface area contributed by atoms with E-state index in [9.17, 15) is 82.8 Å². The highest BCUT2D eigenvalue weighted by Crippen LogP contribution is 2.25. The number of amides is 6. The Morgan fingerprint density at radius 2 is 1.19 bits per heavy atom. The van der Waals surface area contributed by atoms with Crippen LogP contribution in [0.1, 0.15) is 248 Å². The molecule has 0 bridgehead atoms. The van der Waals surface area contributed by atoms with E-state index >= 15 is 0 Å². The zero-order chi connectivity index (χ0) is 80.4. The highest BCUT2D eigenvalue weighted by Gasteiger charge is 2.45. The van der Waals surface area contributed by atoms with Crippen molar-refractivity contribution in [3.8, 4) is 0 Å². The van der Waals surface area contributed by atoms with Crippen LogP contribution in [0.3, 0.4) is 0 Å². The molecule has 1 aliphatic rings. The molecule has 0 saturated carbocycles. The lowest BCUT2D eigenvalue weighted by Gasteiger charge is -2.42. The molecule has 0 spiro atoms. The Bertz CT molecular complexity index is 2840. The second-order valence-corrected chi connectivity index (χ2v) is 29.1. The number of carbonyl (C=O) groups is 13. The number of nitrogens with two attached hydrogens (primary N) is 1. The lowest BCUT2D eigenvalue weighted by atomic mass is 9.87. The van der Waals surface area contributed by atoms with E-state index in [-0.39, 0.29) is 157 Å². The van der Waals surface area contributed by atoms with Gasteiger partial charge in [0.2, 0.25) is 35.4 Å². The number of aliphatic carboxylic acids is 2. The van der Waals surface area contributed by atoms with Gasteiger partial charge in [-0.25, -0.2) is 4.68 Å². The van der Waals surface area contributed by atoms with Crippen LogP contribution in [0.25, 0.3) is 0 Å². The third-order valence-electron chi connectivity index (χ3n) is 18.8. The molecule has 1 fully saturated rings. The number of ketones is 5. The molecule has 0 aliphatic carbocycles. The molecule has 11 atom stereocenters. The molecule has 1 aromatic rings. The monoisotopic (exact) mass is 1520 g/mol. The molecule has 2 rings (SSSR count). The third-order valence-corrected chi connectivity index (χ3v) is 18.8. The fraction of sp³-hybridized carbons (Fsp3) is 0.803. The number of ether oxygens (including phenoxy) is 4. The molecule has 0 aromatic carbocycles. The Balaban J connectivity index is 0.00000127. The molecule has 0 radical (unpaired) electrons. The number of hydrogen-bond donors (Lipinski definition) is 11. The molecule has 2 heterocycles. The first-order valence-corrected chi connectivity index (χ1v) is 38.8. The van der Waals surface area contributed by atoms with Crippen LogP contribution in [0.4, 0.5) is 0 Å². The van der Waals surface area contributed by atoms with Crippen molar-refractivity contribution in [3.63, 3.8) is 0 Å². The van der Waals surface area contributed by atoms with Gasteiger partial charge in [-0.2, -0.15) is 0 Å². The summed E-state index contributed by atoms with van der Waals surface area (Å²) in [5, 5.41) is 69.6. The minimum Gasteiger partial charge on any atom is -0.481 e. The quantitative estimate of drug-likeness (QED) is 0.0357. The van der Waals surface area contributed by atoms with Crippen LogP contribution < -0.4 is 32.3 Å². The fourth-order valence-corrected chi connectivity index (χ4v) is 12.1. The van der Waals surface area contributed by atoms with Crippen molar-refractivity contribution >= 4 is 76.3 Å². The van der Waals surface area contributed by atoms with Gasteiger partial charge < -0.3 is 76.8 Å². The molecule has 1 aromatic heterocycles. The molecule has 612 valence electrons. The largest absolute Gasteiger partial charge is 0.481 e. The predicted octanol–water partition coefficient (Wildman–Crippen LogP) is 5.53. The van der Waals surface area contributed by atoms with Crippen LogP contribution >= 0.6 is 0 Å². The highest BCUT2D eigenvalue weighted by molar-refractivity contribution is 5.95. The van der Waals surface area contributed by atoms with E-state index in [1.54, 1.807) is 34.0 Å². The number of carboxylic acids is 2. The Morgan fingerprint density at radius 1 is 0.607 bits per heavy atom.